The lowest BCUT2D eigenvalue weighted by Gasteiger charge is -2.26. The fraction of sp³-hybridized carbons (Fsp3) is 0.455. The predicted molar refractivity (Wildman–Crippen MR) is 109 cm³/mol. The fourth-order valence-electron chi connectivity index (χ4n) is 4.18. The van der Waals surface area contributed by atoms with E-state index in [1.807, 2.05) is 36.1 Å². The van der Waals surface area contributed by atoms with Crippen LogP contribution in [-0.4, -0.2) is 15.8 Å². The number of para-hydroxylation sites is 1. The highest BCUT2D eigenvalue weighted by Crippen LogP contribution is 2.33. The molecule has 3 aromatic rings. The number of aryl methyl sites for hydroxylation is 3. The molecule has 28 heavy (non-hydrogen) atoms. The Morgan fingerprint density at radius 1 is 1.32 bits per heavy atom. The number of carbonyl (C=O) groups excluding carboxylic acids is 1. The molecule has 2 atom stereocenters. The summed E-state index contributed by atoms with van der Waals surface area (Å²) in [4.78, 5) is 12.9. The topological polar surface area (TPSA) is 72.1 Å². The van der Waals surface area contributed by atoms with Crippen LogP contribution in [-0.2, 0) is 13.5 Å². The van der Waals surface area contributed by atoms with E-state index >= 15 is 0 Å². The van der Waals surface area contributed by atoms with Crippen molar-refractivity contribution in [2.24, 2.45) is 13.0 Å². The van der Waals surface area contributed by atoms with E-state index in [9.17, 15) is 4.79 Å². The van der Waals surface area contributed by atoms with Crippen LogP contribution in [0.15, 0.2) is 34.9 Å². The number of furan rings is 1. The molecule has 2 amide bonds. The molecule has 148 valence electrons. The number of amides is 2. The molecule has 2 N–H and O–H groups in total. The van der Waals surface area contributed by atoms with Gasteiger partial charge in [0.25, 0.3) is 0 Å². The van der Waals surface area contributed by atoms with Gasteiger partial charge in [-0.1, -0.05) is 32.0 Å². The number of carbonyl (C=O) groups is 1. The van der Waals surface area contributed by atoms with Gasteiger partial charge < -0.3 is 15.1 Å². The van der Waals surface area contributed by atoms with Crippen molar-refractivity contribution in [2.45, 2.75) is 52.1 Å². The maximum Gasteiger partial charge on any atom is 0.315 e. The molecule has 0 fully saturated rings. The minimum Gasteiger partial charge on any atom is -0.459 e. The van der Waals surface area contributed by atoms with Gasteiger partial charge in [-0.25, -0.2) is 4.79 Å². The minimum atomic E-state index is -0.190. The lowest BCUT2D eigenvalue weighted by Crippen LogP contribution is -2.42. The Hall–Kier alpha value is -2.76. The van der Waals surface area contributed by atoms with Gasteiger partial charge in [0.2, 0.25) is 0 Å². The summed E-state index contributed by atoms with van der Waals surface area (Å²) in [6, 6.07) is 7.64. The third-order valence-electron chi connectivity index (χ3n) is 5.64. The lowest BCUT2D eigenvalue weighted by atomic mass is 9.93. The summed E-state index contributed by atoms with van der Waals surface area (Å²) < 4.78 is 7.95. The van der Waals surface area contributed by atoms with Crippen molar-refractivity contribution in [3.05, 3.63) is 53.0 Å². The molecule has 1 unspecified atom stereocenters. The van der Waals surface area contributed by atoms with E-state index in [0.29, 0.717) is 0 Å². The van der Waals surface area contributed by atoms with Gasteiger partial charge in [-0.3, -0.25) is 4.68 Å². The van der Waals surface area contributed by atoms with Crippen LogP contribution in [0.4, 0.5) is 4.79 Å². The predicted octanol–water partition coefficient (Wildman–Crippen LogP) is 4.55. The molecule has 6 heteroatoms. The highest BCUT2D eigenvalue weighted by molar-refractivity contribution is 5.82. The molecule has 0 saturated heterocycles. The molecular weight excluding hydrogens is 352 g/mol. The van der Waals surface area contributed by atoms with Crippen molar-refractivity contribution in [3.8, 4) is 0 Å². The number of aromatic nitrogens is 2. The molecule has 0 bridgehead atoms. The third kappa shape index (κ3) is 3.39. The summed E-state index contributed by atoms with van der Waals surface area (Å²) in [5.74, 6) is 1.03. The van der Waals surface area contributed by atoms with Crippen LogP contribution in [0, 0.1) is 12.8 Å². The van der Waals surface area contributed by atoms with Gasteiger partial charge in [0.15, 0.2) is 0 Å². The number of urea groups is 1. The number of fused-ring (bicyclic) bond motifs is 2. The molecule has 0 radical (unpaired) electrons. The van der Waals surface area contributed by atoms with E-state index in [1.165, 1.54) is 0 Å². The quantitative estimate of drug-likeness (QED) is 0.697. The van der Waals surface area contributed by atoms with Crippen LogP contribution in [0.3, 0.4) is 0 Å². The second-order valence-electron chi connectivity index (χ2n) is 8.08. The molecule has 6 nitrogen and oxygen atoms in total. The maximum absolute atomic E-state index is 12.9. The standard InChI is InChI=1S/C22H28N4O2/c1-13(2)20(21-14(3)15-8-5-6-11-19(15)28-21)24-22(27)23-17-9-7-10-18-16(17)12-26(4)25-18/h5-6,8,11-13,17,20H,7,9-10H2,1-4H3,(H2,23,24,27)/t17?,20-/m0/s1. The van der Waals surface area contributed by atoms with Crippen molar-refractivity contribution in [2.75, 3.05) is 0 Å². The first-order valence-electron chi connectivity index (χ1n) is 10.0. The van der Waals surface area contributed by atoms with Crippen LogP contribution in [0.2, 0.25) is 0 Å². The van der Waals surface area contributed by atoms with Crippen LogP contribution in [0.1, 0.15) is 61.4 Å². The largest absolute Gasteiger partial charge is 0.459 e. The second kappa shape index (κ2) is 7.34. The first kappa shape index (κ1) is 18.6. The summed E-state index contributed by atoms with van der Waals surface area (Å²) in [5, 5.41) is 11.9. The molecular formula is C22H28N4O2. The first-order valence-corrected chi connectivity index (χ1v) is 10.0. The Morgan fingerprint density at radius 3 is 2.86 bits per heavy atom. The Balaban J connectivity index is 1.54. The molecule has 1 aliphatic carbocycles. The average Bonchev–Trinajstić information content (AvgIpc) is 3.20. The van der Waals surface area contributed by atoms with E-state index in [4.69, 9.17) is 4.42 Å². The normalized spacial score (nSPS) is 17.5. The Kier molecular flexibility index (Phi) is 4.87. The Bertz CT molecular complexity index is 1000. The van der Waals surface area contributed by atoms with Gasteiger partial charge in [0, 0.05) is 29.8 Å². The third-order valence-corrected chi connectivity index (χ3v) is 5.64. The lowest BCUT2D eigenvalue weighted by molar-refractivity contribution is 0.224. The number of rotatable bonds is 4. The minimum absolute atomic E-state index is 0.00188. The van der Waals surface area contributed by atoms with Crippen molar-refractivity contribution >= 4 is 17.0 Å². The summed E-state index contributed by atoms with van der Waals surface area (Å²) >= 11 is 0. The monoisotopic (exact) mass is 380 g/mol. The van der Waals surface area contributed by atoms with Gasteiger partial charge in [0.05, 0.1) is 17.8 Å². The molecule has 4 rings (SSSR count). The van der Waals surface area contributed by atoms with Gasteiger partial charge in [-0.05, 0) is 38.2 Å². The highest BCUT2D eigenvalue weighted by Gasteiger charge is 2.28. The molecule has 0 saturated carbocycles. The zero-order chi connectivity index (χ0) is 19.8. The fourth-order valence-corrected chi connectivity index (χ4v) is 4.18. The van der Waals surface area contributed by atoms with Crippen molar-refractivity contribution < 1.29 is 9.21 Å². The zero-order valence-corrected chi connectivity index (χ0v) is 17.0. The van der Waals surface area contributed by atoms with Gasteiger partial charge >= 0.3 is 6.03 Å². The number of nitrogens with zero attached hydrogens (tertiary/aromatic N) is 2. The van der Waals surface area contributed by atoms with Gasteiger partial charge in [0.1, 0.15) is 11.3 Å². The molecule has 1 aromatic carbocycles. The molecule has 0 aliphatic heterocycles. The van der Waals surface area contributed by atoms with E-state index in [1.54, 1.807) is 0 Å². The summed E-state index contributed by atoms with van der Waals surface area (Å²) in [6.07, 6.45) is 4.96. The Labute approximate surface area is 165 Å². The maximum atomic E-state index is 12.9. The number of benzene rings is 1. The number of hydrogen-bond acceptors (Lipinski definition) is 3. The summed E-state index contributed by atoms with van der Waals surface area (Å²) in [7, 11) is 1.93. The molecule has 2 heterocycles. The van der Waals surface area contributed by atoms with E-state index in [2.05, 4.69) is 42.6 Å². The first-order chi connectivity index (χ1) is 13.4. The van der Waals surface area contributed by atoms with Crippen molar-refractivity contribution in [1.29, 1.82) is 0 Å². The smallest absolute Gasteiger partial charge is 0.315 e. The van der Waals surface area contributed by atoms with Crippen LogP contribution in [0.25, 0.3) is 11.0 Å². The summed E-state index contributed by atoms with van der Waals surface area (Å²) in [6.45, 7) is 6.24. The van der Waals surface area contributed by atoms with Crippen LogP contribution in [0.5, 0.6) is 0 Å². The van der Waals surface area contributed by atoms with E-state index < -0.39 is 0 Å². The number of hydrogen-bond donors (Lipinski definition) is 2. The molecule has 1 aliphatic rings. The number of nitrogens with one attached hydrogen (secondary N) is 2. The zero-order valence-electron chi connectivity index (χ0n) is 17.0. The van der Waals surface area contributed by atoms with Crippen LogP contribution >= 0.6 is 0 Å². The Morgan fingerprint density at radius 2 is 2.11 bits per heavy atom. The SMILES string of the molecule is Cc1c([C@@H](NC(=O)NC2CCCc3nn(C)cc32)C(C)C)oc2ccccc12. The second-order valence-corrected chi connectivity index (χ2v) is 8.08. The van der Waals surface area contributed by atoms with Crippen molar-refractivity contribution in [1.82, 2.24) is 20.4 Å². The molecule has 0 spiro atoms. The molecule has 2 aromatic heterocycles. The van der Waals surface area contributed by atoms with Gasteiger partial charge in [-0.15, -0.1) is 0 Å². The van der Waals surface area contributed by atoms with E-state index in [-0.39, 0.29) is 24.0 Å². The summed E-state index contributed by atoms with van der Waals surface area (Å²) in [5.41, 5.74) is 4.16. The van der Waals surface area contributed by atoms with Crippen LogP contribution < -0.4 is 10.6 Å². The van der Waals surface area contributed by atoms with Gasteiger partial charge in [-0.2, -0.15) is 5.10 Å². The average molecular weight is 380 g/mol. The van der Waals surface area contributed by atoms with E-state index in [0.717, 1.165) is 52.8 Å². The van der Waals surface area contributed by atoms with Crippen molar-refractivity contribution in [3.63, 3.8) is 0 Å². The highest BCUT2D eigenvalue weighted by atomic mass is 16.3.